The third kappa shape index (κ3) is 21.1. The van der Waals surface area contributed by atoms with Crippen LogP contribution in [0.3, 0.4) is 0 Å². The Bertz CT molecular complexity index is 506. The highest BCUT2D eigenvalue weighted by Crippen LogP contribution is 2.11. The molecule has 0 aliphatic heterocycles. The van der Waals surface area contributed by atoms with Crippen molar-refractivity contribution in [3.63, 3.8) is 0 Å². The van der Waals surface area contributed by atoms with E-state index in [0.717, 1.165) is 25.7 Å². The normalized spacial score (nSPS) is 13.2. The van der Waals surface area contributed by atoms with Crippen LogP contribution in [0.1, 0.15) is 90.4 Å². The van der Waals surface area contributed by atoms with Crippen LogP contribution in [-0.4, -0.2) is 55.3 Å². The van der Waals surface area contributed by atoms with Crippen molar-refractivity contribution in [2.45, 2.75) is 96.5 Å². The lowest BCUT2D eigenvalue weighted by atomic mass is 10.1. The number of hydrogen-bond donors (Lipinski definition) is 1. The van der Waals surface area contributed by atoms with Crippen molar-refractivity contribution >= 4 is 11.9 Å². The van der Waals surface area contributed by atoms with Crippen LogP contribution >= 0.6 is 0 Å². The third-order valence-electron chi connectivity index (χ3n) is 4.81. The first-order valence-corrected chi connectivity index (χ1v) is 11.8. The Hall–Kier alpha value is -1.62. The molecule has 1 N–H and O–H groups in total. The molecule has 0 radical (unpaired) electrons. The summed E-state index contributed by atoms with van der Waals surface area (Å²) in [5, 5.41) is 9.00. The van der Waals surface area contributed by atoms with Gasteiger partial charge in [0.1, 0.15) is 6.54 Å². The minimum absolute atomic E-state index is 0.135. The number of carbonyl (C=O) groups excluding carboxylic acids is 1. The van der Waals surface area contributed by atoms with Gasteiger partial charge in [-0.2, -0.15) is 0 Å². The van der Waals surface area contributed by atoms with Gasteiger partial charge in [-0.15, -0.1) is 0 Å². The number of quaternary nitrogens is 1. The van der Waals surface area contributed by atoms with Crippen LogP contribution in [0.25, 0.3) is 0 Å². The average Bonchev–Trinajstić information content (AvgIpc) is 2.63. The van der Waals surface area contributed by atoms with Crippen LogP contribution in [-0.2, 0) is 14.3 Å². The fourth-order valence-corrected chi connectivity index (χ4v) is 3.29. The van der Waals surface area contributed by atoms with Crippen LogP contribution in [0.15, 0.2) is 24.3 Å². The fourth-order valence-electron chi connectivity index (χ4n) is 3.29. The predicted octanol–water partition coefficient (Wildman–Crippen LogP) is 5.89. The summed E-state index contributed by atoms with van der Waals surface area (Å²) in [6.45, 7) is 2.73. The summed E-state index contributed by atoms with van der Waals surface area (Å²) >= 11 is 0. The van der Waals surface area contributed by atoms with E-state index >= 15 is 0 Å². The molecule has 0 aromatic heterocycles. The second-order valence-electron chi connectivity index (χ2n) is 9.19. The smallest absolute Gasteiger partial charge is 0.307 e. The van der Waals surface area contributed by atoms with Crippen LogP contribution in [0.4, 0.5) is 0 Å². The molecule has 0 aromatic rings. The third-order valence-corrected chi connectivity index (χ3v) is 4.81. The van der Waals surface area contributed by atoms with Gasteiger partial charge < -0.3 is 14.3 Å². The predicted molar refractivity (Wildman–Crippen MR) is 124 cm³/mol. The summed E-state index contributed by atoms with van der Waals surface area (Å²) in [6.07, 6.45) is 21.3. The number of carboxylic acid groups (broad SMARTS) is 1. The molecule has 0 heterocycles. The van der Waals surface area contributed by atoms with Gasteiger partial charge in [0.05, 0.1) is 27.6 Å². The van der Waals surface area contributed by atoms with Gasteiger partial charge in [-0.25, -0.2) is 0 Å². The topological polar surface area (TPSA) is 63.6 Å². The van der Waals surface area contributed by atoms with Gasteiger partial charge in [-0.1, -0.05) is 69.8 Å². The van der Waals surface area contributed by atoms with E-state index in [-0.39, 0.29) is 12.4 Å². The lowest BCUT2D eigenvalue weighted by Gasteiger charge is -2.28. The number of likely N-dealkylation sites (N-methyl/N-ethyl adjacent to an activating group) is 1. The maximum Gasteiger partial charge on any atom is 0.307 e. The fraction of sp³-hybridized carbons (Fsp3) is 0.760. The first-order valence-electron chi connectivity index (χ1n) is 11.8. The molecule has 5 nitrogen and oxygen atoms in total. The first-order chi connectivity index (χ1) is 14.2. The number of carbonyl (C=O) groups is 2. The Morgan fingerprint density at radius 3 is 1.93 bits per heavy atom. The molecule has 0 aromatic carbocycles. The maximum absolute atomic E-state index is 12.0. The first kappa shape index (κ1) is 28.4. The van der Waals surface area contributed by atoms with Crippen LogP contribution in [0.5, 0.6) is 0 Å². The zero-order valence-corrected chi connectivity index (χ0v) is 19.9. The highest BCUT2D eigenvalue weighted by molar-refractivity contribution is 5.71. The number of carboxylic acids is 1. The van der Waals surface area contributed by atoms with Crippen LogP contribution in [0, 0.1) is 0 Å². The molecule has 0 saturated carbocycles. The Labute approximate surface area is 184 Å². The summed E-state index contributed by atoms with van der Waals surface area (Å²) in [7, 11) is 5.89. The van der Waals surface area contributed by atoms with Gasteiger partial charge in [-0.3, -0.25) is 9.59 Å². The van der Waals surface area contributed by atoms with Crippen molar-refractivity contribution in [2.24, 2.45) is 0 Å². The van der Waals surface area contributed by atoms with Crippen molar-refractivity contribution < 1.29 is 23.9 Å². The zero-order chi connectivity index (χ0) is 22.7. The minimum Gasteiger partial charge on any atom is -0.481 e. The molecular formula is C25H46NO4+. The molecule has 0 saturated heterocycles. The van der Waals surface area contributed by atoms with E-state index in [0.29, 0.717) is 17.4 Å². The number of allylic oxidation sites excluding steroid dienone is 4. The van der Waals surface area contributed by atoms with Gasteiger partial charge in [0.15, 0.2) is 6.10 Å². The van der Waals surface area contributed by atoms with Gasteiger partial charge >= 0.3 is 11.9 Å². The molecule has 30 heavy (non-hydrogen) atoms. The molecule has 0 rings (SSSR count). The zero-order valence-electron chi connectivity index (χ0n) is 19.9. The largest absolute Gasteiger partial charge is 0.481 e. The van der Waals surface area contributed by atoms with Crippen molar-refractivity contribution in [3.8, 4) is 0 Å². The summed E-state index contributed by atoms with van der Waals surface area (Å²) in [6, 6.07) is 0. The molecular weight excluding hydrogens is 378 g/mol. The quantitative estimate of drug-likeness (QED) is 0.121. The molecule has 174 valence electrons. The summed E-state index contributed by atoms with van der Waals surface area (Å²) in [5.41, 5.74) is 0. The van der Waals surface area contributed by atoms with E-state index in [2.05, 4.69) is 31.2 Å². The second kappa shape index (κ2) is 18.2. The van der Waals surface area contributed by atoms with Gasteiger partial charge in [-0.05, 0) is 32.1 Å². The molecule has 1 atom stereocenters. The highest BCUT2D eigenvalue weighted by atomic mass is 16.5. The maximum atomic E-state index is 12.0. The molecule has 0 aliphatic rings. The standard InChI is InChI=1S/C25H45NO4/c1-5-6-7-8-9-10-11-12-13-14-15-16-17-18-19-20-25(29)30-23(21-24(27)28)22-26(2,3)4/h9-12,23H,5-8,13-22H2,1-4H3/p+1/b10-9+,12-11+. The van der Waals surface area contributed by atoms with E-state index in [4.69, 9.17) is 9.84 Å². The number of esters is 1. The Balaban J connectivity index is 3.70. The van der Waals surface area contributed by atoms with Crippen LogP contribution < -0.4 is 0 Å². The van der Waals surface area contributed by atoms with E-state index in [1.165, 1.54) is 44.9 Å². The molecule has 0 bridgehead atoms. The number of aliphatic carboxylic acids is 1. The molecule has 0 spiro atoms. The second-order valence-corrected chi connectivity index (χ2v) is 9.19. The van der Waals surface area contributed by atoms with E-state index in [1.807, 2.05) is 21.1 Å². The molecule has 0 aliphatic carbocycles. The summed E-state index contributed by atoms with van der Waals surface area (Å²) < 4.78 is 5.97. The SMILES string of the molecule is CCCCC/C=C/C=C/CCCCCCCCC(=O)OC(CC(=O)O)C[N+](C)(C)C. The number of rotatable bonds is 19. The number of unbranched alkanes of at least 4 members (excludes halogenated alkanes) is 9. The van der Waals surface area contributed by atoms with Gasteiger partial charge in [0, 0.05) is 6.42 Å². The van der Waals surface area contributed by atoms with Crippen molar-refractivity contribution in [2.75, 3.05) is 27.7 Å². The monoisotopic (exact) mass is 424 g/mol. The van der Waals surface area contributed by atoms with Gasteiger partial charge in [0.2, 0.25) is 0 Å². The minimum atomic E-state index is -0.931. The van der Waals surface area contributed by atoms with Crippen molar-refractivity contribution in [1.29, 1.82) is 0 Å². The Morgan fingerprint density at radius 2 is 1.40 bits per heavy atom. The average molecular weight is 425 g/mol. The lowest BCUT2D eigenvalue weighted by Crippen LogP contribution is -2.43. The Morgan fingerprint density at radius 1 is 0.867 bits per heavy atom. The summed E-state index contributed by atoms with van der Waals surface area (Å²) in [5.74, 6) is -1.21. The van der Waals surface area contributed by atoms with E-state index < -0.39 is 12.1 Å². The van der Waals surface area contributed by atoms with Crippen molar-refractivity contribution in [3.05, 3.63) is 24.3 Å². The number of ether oxygens (including phenoxy) is 1. The van der Waals surface area contributed by atoms with Crippen LogP contribution in [0.2, 0.25) is 0 Å². The molecule has 5 heteroatoms. The molecule has 0 fully saturated rings. The number of hydrogen-bond acceptors (Lipinski definition) is 3. The number of nitrogens with zero attached hydrogens (tertiary/aromatic N) is 1. The van der Waals surface area contributed by atoms with E-state index in [9.17, 15) is 9.59 Å². The van der Waals surface area contributed by atoms with Gasteiger partial charge in [0.25, 0.3) is 0 Å². The highest BCUT2D eigenvalue weighted by Gasteiger charge is 2.24. The molecule has 0 amide bonds. The lowest BCUT2D eigenvalue weighted by molar-refractivity contribution is -0.873. The Kier molecular flexibility index (Phi) is 17.2. The van der Waals surface area contributed by atoms with Crippen molar-refractivity contribution in [1.82, 2.24) is 0 Å². The van der Waals surface area contributed by atoms with E-state index in [1.54, 1.807) is 0 Å². The molecule has 1 unspecified atom stereocenters. The summed E-state index contributed by atoms with van der Waals surface area (Å²) in [4.78, 5) is 23.0.